The number of rotatable bonds is 2. The van der Waals surface area contributed by atoms with Crippen LogP contribution in [-0.4, -0.2) is 11.0 Å². The van der Waals surface area contributed by atoms with Crippen LogP contribution in [0.1, 0.15) is 5.56 Å². The van der Waals surface area contributed by atoms with Gasteiger partial charge in [0.2, 0.25) is 11.0 Å². The van der Waals surface area contributed by atoms with E-state index in [2.05, 4.69) is 4.72 Å². The Bertz CT molecular complexity index is 348. The Kier molecular flexibility index (Phi) is 2.54. The maximum absolute atomic E-state index is 11.3. The Morgan fingerprint density at radius 1 is 1.21 bits per heavy atom. The minimum Gasteiger partial charge on any atom is -0.293 e. The first kappa shape index (κ1) is 9.27. The molecule has 1 amide bonds. The van der Waals surface area contributed by atoms with Crippen molar-refractivity contribution < 1.29 is 9.59 Å². The zero-order valence-corrected chi connectivity index (χ0v) is 8.21. The number of carbonyl (C=O) groups excluding carboxylic acids is 2. The molecule has 0 bridgehead atoms. The predicted molar refractivity (Wildman–Crippen MR) is 54.4 cm³/mol. The topological polar surface area (TPSA) is 46.2 Å². The summed E-state index contributed by atoms with van der Waals surface area (Å²) in [7, 11) is 0. The third-order valence-corrected chi connectivity index (χ3v) is 2.92. The quantitative estimate of drug-likeness (QED) is 0.584. The van der Waals surface area contributed by atoms with Crippen molar-refractivity contribution in [2.75, 3.05) is 0 Å². The normalized spacial score (nSPS) is 21.0. The summed E-state index contributed by atoms with van der Waals surface area (Å²) >= 11 is 0.894. The highest BCUT2D eigenvalue weighted by atomic mass is 32.2. The molecule has 72 valence electrons. The molecule has 2 rings (SSSR count). The summed E-state index contributed by atoms with van der Waals surface area (Å²) in [5, 5.41) is -0.0844. The molecular weight excluding hydrogens is 198 g/mol. The van der Waals surface area contributed by atoms with E-state index in [1.54, 1.807) is 0 Å². The summed E-state index contributed by atoms with van der Waals surface area (Å²) in [4.78, 5) is 22.5. The molecule has 14 heavy (non-hydrogen) atoms. The van der Waals surface area contributed by atoms with E-state index in [1.807, 2.05) is 30.3 Å². The molecule has 1 aromatic rings. The molecule has 1 heterocycles. The lowest BCUT2D eigenvalue weighted by atomic mass is 10.0. The number of hydrogen-bond acceptors (Lipinski definition) is 3. The van der Waals surface area contributed by atoms with Crippen molar-refractivity contribution in [3.05, 3.63) is 35.9 Å². The maximum atomic E-state index is 11.3. The van der Waals surface area contributed by atoms with Gasteiger partial charge in [-0.15, -0.1) is 0 Å². The average Bonchev–Trinajstić information content (AvgIpc) is 2.51. The summed E-state index contributed by atoms with van der Waals surface area (Å²) in [6.07, 6.45) is 0.499. The van der Waals surface area contributed by atoms with Crippen LogP contribution in [0.3, 0.4) is 0 Å². The molecule has 1 atom stereocenters. The second kappa shape index (κ2) is 3.84. The van der Waals surface area contributed by atoms with Gasteiger partial charge >= 0.3 is 0 Å². The van der Waals surface area contributed by atoms with Crippen LogP contribution >= 0.6 is 11.9 Å². The molecular formula is C10H9NO2S. The second-order valence-electron chi connectivity index (χ2n) is 3.13. The van der Waals surface area contributed by atoms with Gasteiger partial charge in [-0.25, -0.2) is 0 Å². The Balaban J connectivity index is 2.11. The molecule has 0 aliphatic carbocycles. The van der Waals surface area contributed by atoms with Crippen LogP contribution in [0.2, 0.25) is 0 Å². The van der Waals surface area contributed by atoms with E-state index in [0.717, 1.165) is 17.5 Å². The molecule has 1 unspecified atom stereocenters. The van der Waals surface area contributed by atoms with E-state index in [-0.39, 0.29) is 11.0 Å². The molecule has 0 saturated carbocycles. The van der Waals surface area contributed by atoms with Gasteiger partial charge in [0.1, 0.15) is 5.92 Å². The molecule has 0 radical (unpaired) electrons. The Morgan fingerprint density at radius 3 is 2.50 bits per heavy atom. The first-order chi connectivity index (χ1) is 6.77. The minimum absolute atomic E-state index is 0.0844. The van der Waals surface area contributed by atoms with Gasteiger partial charge in [-0.1, -0.05) is 30.3 Å². The SMILES string of the molecule is O=C1NSC(=O)C1Cc1ccccc1. The molecule has 3 nitrogen and oxygen atoms in total. The van der Waals surface area contributed by atoms with E-state index < -0.39 is 5.92 Å². The van der Waals surface area contributed by atoms with Crippen LogP contribution in [0.5, 0.6) is 0 Å². The third kappa shape index (κ3) is 1.80. The second-order valence-corrected chi connectivity index (χ2v) is 3.94. The van der Waals surface area contributed by atoms with E-state index in [9.17, 15) is 9.59 Å². The van der Waals surface area contributed by atoms with E-state index >= 15 is 0 Å². The van der Waals surface area contributed by atoms with Crippen LogP contribution < -0.4 is 4.72 Å². The van der Waals surface area contributed by atoms with Crippen molar-refractivity contribution in [2.24, 2.45) is 5.92 Å². The minimum atomic E-state index is -0.512. The van der Waals surface area contributed by atoms with Crippen molar-refractivity contribution in [1.82, 2.24) is 4.72 Å². The fraction of sp³-hybridized carbons (Fsp3) is 0.200. The lowest BCUT2D eigenvalue weighted by Gasteiger charge is -2.03. The molecule has 1 N–H and O–H groups in total. The van der Waals surface area contributed by atoms with Crippen molar-refractivity contribution in [3.63, 3.8) is 0 Å². The molecule has 0 aromatic heterocycles. The lowest BCUT2D eigenvalue weighted by Crippen LogP contribution is -2.21. The summed E-state index contributed by atoms with van der Waals surface area (Å²) < 4.78 is 2.47. The van der Waals surface area contributed by atoms with Crippen LogP contribution in [0.15, 0.2) is 30.3 Å². The standard InChI is InChI=1S/C10H9NO2S/c12-9-8(10(13)14-11-9)6-7-4-2-1-3-5-7/h1-5,8H,6H2,(H,11,12). The Morgan fingerprint density at radius 2 is 1.93 bits per heavy atom. The average molecular weight is 207 g/mol. The first-order valence-electron chi connectivity index (χ1n) is 4.32. The fourth-order valence-corrected chi connectivity index (χ4v) is 2.05. The van der Waals surface area contributed by atoms with Crippen LogP contribution in [0.25, 0.3) is 0 Å². The number of benzene rings is 1. The van der Waals surface area contributed by atoms with Gasteiger partial charge in [-0.05, 0) is 12.0 Å². The van der Waals surface area contributed by atoms with Crippen LogP contribution in [0.4, 0.5) is 0 Å². The van der Waals surface area contributed by atoms with Gasteiger partial charge in [0.05, 0.1) is 0 Å². The number of amides is 1. The van der Waals surface area contributed by atoms with Crippen molar-refractivity contribution in [2.45, 2.75) is 6.42 Å². The maximum Gasteiger partial charge on any atom is 0.242 e. The monoisotopic (exact) mass is 207 g/mol. The van der Waals surface area contributed by atoms with Gasteiger partial charge in [0.15, 0.2) is 0 Å². The van der Waals surface area contributed by atoms with Crippen molar-refractivity contribution >= 4 is 23.0 Å². The highest BCUT2D eigenvalue weighted by molar-refractivity contribution is 8.13. The number of carbonyl (C=O) groups is 2. The molecule has 1 aliphatic rings. The van der Waals surface area contributed by atoms with E-state index in [4.69, 9.17) is 0 Å². The summed E-state index contributed by atoms with van der Waals surface area (Å²) in [5.41, 5.74) is 1.02. The van der Waals surface area contributed by atoms with Gasteiger partial charge in [-0.3, -0.25) is 14.3 Å². The molecule has 1 saturated heterocycles. The van der Waals surface area contributed by atoms with Gasteiger partial charge in [-0.2, -0.15) is 0 Å². The van der Waals surface area contributed by atoms with Gasteiger partial charge < -0.3 is 0 Å². The highest BCUT2D eigenvalue weighted by Crippen LogP contribution is 2.21. The van der Waals surface area contributed by atoms with Crippen molar-refractivity contribution in [3.8, 4) is 0 Å². The zero-order chi connectivity index (χ0) is 9.97. The Hall–Kier alpha value is -1.29. The molecule has 0 spiro atoms. The molecule has 4 heteroatoms. The van der Waals surface area contributed by atoms with Gasteiger partial charge in [0, 0.05) is 11.9 Å². The van der Waals surface area contributed by atoms with Crippen LogP contribution in [-0.2, 0) is 16.0 Å². The molecule has 1 aromatic carbocycles. The van der Waals surface area contributed by atoms with E-state index in [0.29, 0.717) is 6.42 Å². The summed E-state index contributed by atoms with van der Waals surface area (Å²) in [5.74, 6) is -0.689. The van der Waals surface area contributed by atoms with Crippen molar-refractivity contribution in [1.29, 1.82) is 0 Å². The van der Waals surface area contributed by atoms with Gasteiger partial charge in [0.25, 0.3) is 0 Å². The van der Waals surface area contributed by atoms with Crippen LogP contribution in [0, 0.1) is 5.92 Å². The fourth-order valence-electron chi connectivity index (χ4n) is 1.38. The Labute approximate surface area is 86.0 Å². The summed E-state index contributed by atoms with van der Waals surface area (Å²) in [6.45, 7) is 0. The number of nitrogens with one attached hydrogen (secondary N) is 1. The van der Waals surface area contributed by atoms with E-state index in [1.165, 1.54) is 0 Å². The predicted octanol–water partition coefficient (Wildman–Crippen LogP) is 1.15. The zero-order valence-electron chi connectivity index (χ0n) is 7.40. The first-order valence-corrected chi connectivity index (χ1v) is 5.13. The molecule has 1 fully saturated rings. The highest BCUT2D eigenvalue weighted by Gasteiger charge is 2.33. The molecule has 1 aliphatic heterocycles. The third-order valence-electron chi connectivity index (χ3n) is 2.14. The lowest BCUT2D eigenvalue weighted by molar-refractivity contribution is -0.126. The smallest absolute Gasteiger partial charge is 0.242 e. The summed E-state index contributed by atoms with van der Waals surface area (Å²) in [6, 6.07) is 9.56. The largest absolute Gasteiger partial charge is 0.293 e. The number of hydrogen-bond donors (Lipinski definition) is 1.